The van der Waals surface area contributed by atoms with Gasteiger partial charge in [-0.1, -0.05) is 52.0 Å². The van der Waals surface area contributed by atoms with Crippen LogP contribution in [0.2, 0.25) is 0 Å². The minimum absolute atomic E-state index is 0.0111. The molecule has 2 aromatic carbocycles. The molecule has 0 heterocycles. The van der Waals surface area contributed by atoms with Crippen LogP contribution in [0.1, 0.15) is 57.0 Å². The van der Waals surface area contributed by atoms with Crippen molar-refractivity contribution in [2.75, 3.05) is 22.4 Å². The van der Waals surface area contributed by atoms with Crippen molar-refractivity contribution in [1.29, 1.82) is 0 Å². The molecule has 2 rings (SSSR count). The molecule has 8 heteroatoms. The lowest BCUT2D eigenvalue weighted by Gasteiger charge is -2.24. The second kappa shape index (κ2) is 10.2. The lowest BCUT2D eigenvalue weighted by Crippen LogP contribution is -2.38. The molecule has 2 amide bonds. The molecule has 1 atom stereocenters. The van der Waals surface area contributed by atoms with E-state index in [2.05, 4.69) is 31.4 Å². The molecule has 0 unspecified atom stereocenters. The predicted molar refractivity (Wildman–Crippen MR) is 130 cm³/mol. The van der Waals surface area contributed by atoms with Gasteiger partial charge in [0.15, 0.2) is 0 Å². The van der Waals surface area contributed by atoms with Crippen LogP contribution in [-0.4, -0.2) is 39.1 Å². The Labute approximate surface area is 191 Å². The van der Waals surface area contributed by atoms with E-state index >= 15 is 0 Å². The smallest absolute Gasteiger partial charge is 0.253 e. The zero-order valence-corrected chi connectivity index (χ0v) is 20.4. The molecule has 0 saturated carbocycles. The average molecular weight is 460 g/mol. The van der Waals surface area contributed by atoms with E-state index in [1.165, 1.54) is 0 Å². The molecular weight excluding hydrogens is 426 g/mol. The molecule has 0 aliphatic carbocycles. The fraction of sp³-hybridized carbons (Fsp3) is 0.417. The van der Waals surface area contributed by atoms with Crippen molar-refractivity contribution in [3.8, 4) is 0 Å². The number of hydrogen-bond acceptors (Lipinski definition) is 4. The first-order valence-corrected chi connectivity index (χ1v) is 12.5. The monoisotopic (exact) mass is 459 g/mol. The number of rotatable bonds is 8. The first-order chi connectivity index (χ1) is 14.8. The van der Waals surface area contributed by atoms with Gasteiger partial charge in [0.05, 0.1) is 23.2 Å². The number of carbonyl (C=O) groups excluding carboxylic acids is 2. The highest BCUT2D eigenvalue weighted by atomic mass is 32.2. The summed E-state index contributed by atoms with van der Waals surface area (Å²) in [7, 11) is -3.71. The molecule has 2 N–H and O–H groups in total. The first-order valence-electron chi connectivity index (χ1n) is 10.6. The summed E-state index contributed by atoms with van der Waals surface area (Å²) in [5.41, 5.74) is 2.03. The van der Waals surface area contributed by atoms with Gasteiger partial charge < -0.3 is 10.6 Å². The summed E-state index contributed by atoms with van der Waals surface area (Å²) in [4.78, 5) is 25.3. The lowest BCUT2D eigenvalue weighted by molar-refractivity contribution is -0.114. The van der Waals surface area contributed by atoms with Crippen molar-refractivity contribution in [2.24, 2.45) is 0 Å². The van der Waals surface area contributed by atoms with E-state index in [-0.39, 0.29) is 17.4 Å². The van der Waals surface area contributed by atoms with Crippen molar-refractivity contribution >= 4 is 33.2 Å². The fourth-order valence-electron chi connectivity index (χ4n) is 3.04. The Kier molecular flexibility index (Phi) is 8.07. The van der Waals surface area contributed by atoms with Crippen LogP contribution in [0.15, 0.2) is 48.5 Å². The third kappa shape index (κ3) is 6.82. The van der Waals surface area contributed by atoms with E-state index in [4.69, 9.17) is 0 Å². The van der Waals surface area contributed by atoms with Crippen LogP contribution in [0.25, 0.3) is 0 Å². The molecule has 2 aromatic rings. The van der Waals surface area contributed by atoms with E-state index in [0.717, 1.165) is 22.5 Å². The summed E-state index contributed by atoms with van der Waals surface area (Å²) in [6.07, 6.45) is 1.84. The minimum atomic E-state index is -3.71. The van der Waals surface area contributed by atoms with E-state index in [1.54, 1.807) is 36.4 Å². The van der Waals surface area contributed by atoms with Gasteiger partial charge in [-0.05, 0) is 48.6 Å². The fourth-order valence-corrected chi connectivity index (χ4v) is 3.90. The summed E-state index contributed by atoms with van der Waals surface area (Å²) < 4.78 is 25.9. The van der Waals surface area contributed by atoms with Gasteiger partial charge in [0, 0.05) is 6.04 Å². The lowest BCUT2D eigenvalue weighted by atomic mass is 9.87. The number of para-hydroxylation sites is 1. The number of nitrogens with zero attached hydrogens (tertiary/aromatic N) is 1. The predicted octanol–water partition coefficient (Wildman–Crippen LogP) is 3.92. The number of benzene rings is 2. The van der Waals surface area contributed by atoms with Crippen LogP contribution in [0.5, 0.6) is 0 Å². The van der Waals surface area contributed by atoms with Crippen molar-refractivity contribution in [3.63, 3.8) is 0 Å². The van der Waals surface area contributed by atoms with Crippen LogP contribution in [0.4, 0.5) is 11.4 Å². The Morgan fingerprint density at radius 1 is 1.03 bits per heavy atom. The SMILES string of the molecule is CC[C@H](C)NC(=O)c1ccccc1NC(=O)CN(c1ccc(C(C)(C)C)cc1)S(C)(=O)=O. The molecule has 0 saturated heterocycles. The van der Waals surface area contributed by atoms with Gasteiger partial charge >= 0.3 is 0 Å². The van der Waals surface area contributed by atoms with Crippen LogP contribution in [0, 0.1) is 0 Å². The number of amides is 2. The van der Waals surface area contributed by atoms with Gasteiger partial charge in [-0.2, -0.15) is 0 Å². The van der Waals surface area contributed by atoms with Gasteiger partial charge in [-0.3, -0.25) is 13.9 Å². The molecule has 0 spiro atoms. The molecule has 0 fully saturated rings. The molecule has 0 bridgehead atoms. The maximum atomic E-state index is 12.8. The molecule has 7 nitrogen and oxygen atoms in total. The number of carbonyl (C=O) groups is 2. The normalized spacial score (nSPS) is 12.7. The Hall–Kier alpha value is -2.87. The number of sulfonamides is 1. The second-order valence-electron chi connectivity index (χ2n) is 8.94. The van der Waals surface area contributed by atoms with Gasteiger partial charge in [-0.25, -0.2) is 8.42 Å². The van der Waals surface area contributed by atoms with Crippen molar-refractivity contribution in [3.05, 3.63) is 59.7 Å². The minimum Gasteiger partial charge on any atom is -0.350 e. The Morgan fingerprint density at radius 3 is 2.16 bits per heavy atom. The molecule has 0 aliphatic heterocycles. The quantitative estimate of drug-likeness (QED) is 0.625. The van der Waals surface area contributed by atoms with Crippen LogP contribution < -0.4 is 14.9 Å². The largest absolute Gasteiger partial charge is 0.350 e. The maximum absolute atomic E-state index is 12.8. The molecule has 32 heavy (non-hydrogen) atoms. The van der Waals surface area contributed by atoms with Gasteiger partial charge in [0.25, 0.3) is 5.91 Å². The highest BCUT2D eigenvalue weighted by molar-refractivity contribution is 7.92. The van der Waals surface area contributed by atoms with Gasteiger partial charge in [-0.15, -0.1) is 0 Å². The zero-order valence-electron chi connectivity index (χ0n) is 19.6. The first kappa shape index (κ1) is 25.4. The second-order valence-corrected chi connectivity index (χ2v) is 10.8. The highest BCUT2D eigenvalue weighted by Crippen LogP contribution is 2.26. The Balaban J connectivity index is 2.24. The maximum Gasteiger partial charge on any atom is 0.253 e. The Bertz CT molecular complexity index is 1060. The standard InChI is InChI=1S/C24H33N3O4S/c1-7-17(2)25-23(29)20-10-8-9-11-21(20)26-22(28)16-27(32(6,30)31)19-14-12-18(13-15-19)24(3,4)5/h8-15,17H,7,16H2,1-6H3,(H,25,29)(H,26,28)/t17-/m0/s1. The molecule has 174 valence electrons. The summed E-state index contributed by atoms with van der Waals surface area (Å²) in [5.74, 6) is -0.841. The van der Waals surface area contributed by atoms with E-state index in [1.807, 2.05) is 26.0 Å². The Morgan fingerprint density at radius 2 is 1.62 bits per heavy atom. The summed E-state index contributed by atoms with van der Waals surface area (Å²) in [6, 6.07) is 13.8. The zero-order chi connectivity index (χ0) is 24.1. The van der Waals surface area contributed by atoms with Crippen LogP contribution in [-0.2, 0) is 20.2 Å². The number of nitrogens with one attached hydrogen (secondary N) is 2. The van der Waals surface area contributed by atoms with Crippen LogP contribution >= 0.6 is 0 Å². The number of hydrogen-bond donors (Lipinski definition) is 2. The third-order valence-corrected chi connectivity index (χ3v) is 6.29. The summed E-state index contributed by atoms with van der Waals surface area (Å²) in [6.45, 7) is 9.66. The topological polar surface area (TPSA) is 95.6 Å². The van der Waals surface area contributed by atoms with E-state index in [9.17, 15) is 18.0 Å². The van der Waals surface area contributed by atoms with E-state index < -0.39 is 22.5 Å². The van der Waals surface area contributed by atoms with Crippen molar-refractivity contribution in [1.82, 2.24) is 5.32 Å². The molecule has 0 aromatic heterocycles. The average Bonchev–Trinajstić information content (AvgIpc) is 2.71. The van der Waals surface area contributed by atoms with Gasteiger partial charge in [0.1, 0.15) is 6.54 Å². The van der Waals surface area contributed by atoms with Gasteiger partial charge in [0.2, 0.25) is 15.9 Å². The third-order valence-electron chi connectivity index (χ3n) is 5.14. The van der Waals surface area contributed by atoms with Crippen molar-refractivity contribution < 1.29 is 18.0 Å². The summed E-state index contributed by atoms with van der Waals surface area (Å²) >= 11 is 0. The number of anilines is 2. The van der Waals surface area contributed by atoms with E-state index in [0.29, 0.717) is 16.9 Å². The van der Waals surface area contributed by atoms with Crippen LogP contribution in [0.3, 0.4) is 0 Å². The summed E-state index contributed by atoms with van der Waals surface area (Å²) in [5, 5.41) is 5.56. The van der Waals surface area contributed by atoms with Crippen molar-refractivity contribution in [2.45, 2.75) is 52.5 Å². The highest BCUT2D eigenvalue weighted by Gasteiger charge is 2.23. The molecule has 0 aliphatic rings. The molecule has 0 radical (unpaired) electrons. The molecular formula is C24H33N3O4S.